The monoisotopic (exact) mass is 347 g/mol. The molecule has 5 nitrogen and oxygen atoms in total. The van der Waals surface area contributed by atoms with Crippen molar-refractivity contribution in [2.75, 3.05) is 6.61 Å². The molecule has 2 rings (SSSR count). The van der Waals surface area contributed by atoms with Crippen LogP contribution in [0.5, 0.6) is 0 Å². The van der Waals surface area contributed by atoms with Gasteiger partial charge in [0.25, 0.3) is 0 Å². The van der Waals surface area contributed by atoms with Gasteiger partial charge in [0.2, 0.25) is 5.91 Å². The SMILES string of the molecule is CCc1ccc(C(CO)NC(=O)/C=C/c2c(C)nn(C)c2Cl)cc1. The fourth-order valence-corrected chi connectivity index (χ4v) is 2.67. The lowest BCUT2D eigenvalue weighted by molar-refractivity contribution is -0.117. The van der Waals surface area contributed by atoms with Gasteiger partial charge in [0.15, 0.2) is 0 Å². The topological polar surface area (TPSA) is 67.2 Å². The predicted octanol–water partition coefficient (Wildman–Crippen LogP) is 2.81. The first kappa shape index (κ1) is 18.2. The number of hydrogen-bond acceptors (Lipinski definition) is 3. The van der Waals surface area contributed by atoms with Crippen LogP contribution in [-0.2, 0) is 18.3 Å². The molecule has 1 unspecified atom stereocenters. The Hall–Kier alpha value is -2.11. The second kappa shape index (κ2) is 8.13. The molecule has 1 aromatic heterocycles. The smallest absolute Gasteiger partial charge is 0.244 e. The quantitative estimate of drug-likeness (QED) is 0.789. The molecule has 2 N–H and O–H groups in total. The Bertz CT molecular complexity index is 735. The first-order chi connectivity index (χ1) is 11.5. The number of carbonyl (C=O) groups excluding carboxylic acids is 1. The number of aliphatic hydroxyl groups is 1. The lowest BCUT2D eigenvalue weighted by Crippen LogP contribution is -2.29. The maximum Gasteiger partial charge on any atom is 0.244 e. The number of nitrogens with one attached hydrogen (secondary N) is 1. The molecule has 1 heterocycles. The molecule has 0 aliphatic rings. The van der Waals surface area contributed by atoms with E-state index >= 15 is 0 Å². The van der Waals surface area contributed by atoms with E-state index in [1.807, 2.05) is 31.2 Å². The molecular weight excluding hydrogens is 326 g/mol. The van der Waals surface area contributed by atoms with Crippen LogP contribution in [0, 0.1) is 6.92 Å². The fraction of sp³-hybridized carbons (Fsp3) is 0.333. The molecule has 0 radical (unpaired) electrons. The average molecular weight is 348 g/mol. The Morgan fingerprint density at radius 1 is 1.42 bits per heavy atom. The molecule has 0 saturated carbocycles. The molecule has 2 aromatic rings. The molecule has 0 bridgehead atoms. The molecule has 24 heavy (non-hydrogen) atoms. The predicted molar refractivity (Wildman–Crippen MR) is 95.8 cm³/mol. The Morgan fingerprint density at radius 2 is 2.08 bits per heavy atom. The maximum atomic E-state index is 12.1. The molecule has 0 saturated heterocycles. The molecule has 0 aliphatic carbocycles. The van der Waals surface area contributed by atoms with Crippen LogP contribution in [-0.4, -0.2) is 27.4 Å². The molecule has 1 atom stereocenters. The zero-order valence-corrected chi connectivity index (χ0v) is 14.8. The van der Waals surface area contributed by atoms with Crippen LogP contribution < -0.4 is 5.32 Å². The normalized spacial score (nSPS) is 12.5. The van der Waals surface area contributed by atoms with E-state index in [1.165, 1.54) is 11.6 Å². The van der Waals surface area contributed by atoms with E-state index in [-0.39, 0.29) is 12.5 Å². The summed E-state index contributed by atoms with van der Waals surface area (Å²) in [4.78, 5) is 12.1. The summed E-state index contributed by atoms with van der Waals surface area (Å²) in [7, 11) is 1.74. The van der Waals surface area contributed by atoms with E-state index < -0.39 is 6.04 Å². The molecule has 0 spiro atoms. The Labute approximate surface area is 146 Å². The van der Waals surface area contributed by atoms with Crippen molar-refractivity contribution in [2.24, 2.45) is 7.05 Å². The third-order valence-corrected chi connectivity index (χ3v) is 4.34. The van der Waals surface area contributed by atoms with Gasteiger partial charge < -0.3 is 10.4 Å². The zero-order chi connectivity index (χ0) is 17.7. The summed E-state index contributed by atoms with van der Waals surface area (Å²) in [6.07, 6.45) is 3.98. The van der Waals surface area contributed by atoms with E-state index in [2.05, 4.69) is 17.3 Å². The van der Waals surface area contributed by atoms with E-state index in [0.29, 0.717) is 10.7 Å². The first-order valence-electron chi connectivity index (χ1n) is 7.83. The Balaban J connectivity index is 2.07. The lowest BCUT2D eigenvalue weighted by Gasteiger charge is -2.16. The summed E-state index contributed by atoms with van der Waals surface area (Å²) >= 11 is 6.13. The van der Waals surface area contributed by atoms with Crippen molar-refractivity contribution in [1.29, 1.82) is 0 Å². The van der Waals surface area contributed by atoms with Gasteiger partial charge in [0.05, 0.1) is 18.3 Å². The summed E-state index contributed by atoms with van der Waals surface area (Å²) in [5.74, 6) is -0.298. The largest absolute Gasteiger partial charge is 0.394 e. The summed E-state index contributed by atoms with van der Waals surface area (Å²) < 4.78 is 1.56. The number of aliphatic hydroxyl groups excluding tert-OH is 1. The summed E-state index contributed by atoms with van der Waals surface area (Å²) in [5, 5.41) is 17.0. The lowest BCUT2D eigenvalue weighted by atomic mass is 10.0. The number of halogens is 1. The van der Waals surface area contributed by atoms with Crippen LogP contribution in [0.2, 0.25) is 5.15 Å². The molecular formula is C18H22ClN3O2. The van der Waals surface area contributed by atoms with Crippen molar-refractivity contribution >= 4 is 23.6 Å². The fourth-order valence-electron chi connectivity index (χ4n) is 2.43. The minimum Gasteiger partial charge on any atom is -0.394 e. The number of carbonyl (C=O) groups is 1. The maximum absolute atomic E-state index is 12.1. The highest BCUT2D eigenvalue weighted by molar-refractivity contribution is 6.31. The Kier molecular flexibility index (Phi) is 6.17. The molecule has 0 aliphatic heterocycles. The first-order valence-corrected chi connectivity index (χ1v) is 8.21. The van der Waals surface area contributed by atoms with Crippen molar-refractivity contribution in [3.63, 3.8) is 0 Å². The highest BCUT2D eigenvalue weighted by Crippen LogP contribution is 2.20. The van der Waals surface area contributed by atoms with Crippen LogP contribution in [0.25, 0.3) is 6.08 Å². The van der Waals surface area contributed by atoms with E-state index in [4.69, 9.17) is 11.6 Å². The van der Waals surface area contributed by atoms with Gasteiger partial charge in [0, 0.05) is 18.7 Å². The van der Waals surface area contributed by atoms with Crippen LogP contribution in [0.4, 0.5) is 0 Å². The zero-order valence-electron chi connectivity index (χ0n) is 14.1. The minimum atomic E-state index is -0.446. The number of hydrogen-bond donors (Lipinski definition) is 2. The van der Waals surface area contributed by atoms with Crippen molar-refractivity contribution in [3.05, 3.63) is 57.9 Å². The van der Waals surface area contributed by atoms with Gasteiger partial charge in [-0.25, -0.2) is 0 Å². The summed E-state index contributed by atoms with van der Waals surface area (Å²) in [6.45, 7) is 3.74. The number of aromatic nitrogens is 2. The van der Waals surface area contributed by atoms with Crippen molar-refractivity contribution in [3.8, 4) is 0 Å². The van der Waals surface area contributed by atoms with E-state index in [9.17, 15) is 9.90 Å². The molecule has 0 fully saturated rings. The minimum absolute atomic E-state index is 0.169. The van der Waals surface area contributed by atoms with Gasteiger partial charge in [-0.2, -0.15) is 5.10 Å². The van der Waals surface area contributed by atoms with Crippen molar-refractivity contribution < 1.29 is 9.90 Å². The molecule has 1 aromatic carbocycles. The number of benzene rings is 1. The summed E-state index contributed by atoms with van der Waals surface area (Å²) in [5.41, 5.74) is 3.54. The van der Waals surface area contributed by atoms with Crippen LogP contribution in [0.1, 0.15) is 35.3 Å². The highest BCUT2D eigenvalue weighted by atomic mass is 35.5. The van der Waals surface area contributed by atoms with Gasteiger partial charge in [-0.3, -0.25) is 9.48 Å². The highest BCUT2D eigenvalue weighted by Gasteiger charge is 2.13. The molecule has 6 heteroatoms. The van der Waals surface area contributed by atoms with Crippen LogP contribution in [0.15, 0.2) is 30.3 Å². The number of nitrogens with zero attached hydrogens (tertiary/aromatic N) is 2. The second-order valence-corrected chi connectivity index (χ2v) is 5.94. The number of aryl methyl sites for hydroxylation is 3. The van der Waals surface area contributed by atoms with Crippen molar-refractivity contribution in [1.82, 2.24) is 15.1 Å². The average Bonchev–Trinajstić information content (AvgIpc) is 2.83. The molecule has 1 amide bonds. The van der Waals surface area contributed by atoms with Crippen molar-refractivity contribution in [2.45, 2.75) is 26.3 Å². The second-order valence-electron chi connectivity index (χ2n) is 5.59. The number of amides is 1. The van der Waals surface area contributed by atoms with Gasteiger partial charge >= 0.3 is 0 Å². The standard InChI is InChI=1S/C18H22ClN3O2/c1-4-13-5-7-14(8-6-13)16(11-23)20-17(24)10-9-15-12(2)21-22(3)18(15)19/h5-10,16,23H,4,11H2,1-3H3,(H,20,24)/b10-9+. The number of rotatable bonds is 6. The van der Waals surface area contributed by atoms with Crippen LogP contribution in [0.3, 0.4) is 0 Å². The Morgan fingerprint density at radius 3 is 2.58 bits per heavy atom. The van der Waals surface area contributed by atoms with Gasteiger partial charge in [-0.1, -0.05) is 42.8 Å². The van der Waals surface area contributed by atoms with Crippen LogP contribution >= 0.6 is 11.6 Å². The van der Waals surface area contributed by atoms with E-state index in [1.54, 1.807) is 17.8 Å². The van der Waals surface area contributed by atoms with E-state index in [0.717, 1.165) is 17.7 Å². The third-order valence-electron chi connectivity index (χ3n) is 3.89. The summed E-state index contributed by atoms with van der Waals surface area (Å²) in [6, 6.07) is 7.40. The molecule has 128 valence electrons. The van der Waals surface area contributed by atoms with Gasteiger partial charge in [-0.15, -0.1) is 0 Å². The third kappa shape index (κ3) is 4.24. The van der Waals surface area contributed by atoms with Gasteiger partial charge in [-0.05, 0) is 30.5 Å². The van der Waals surface area contributed by atoms with Gasteiger partial charge in [0.1, 0.15) is 5.15 Å².